The SMILES string of the molecule is CC(C)(O)C(=O)c1ccccc1.CCC(Cc1ccc(C)cc1)(C(=O)c1ccc(N2CCOCC2)cc1)N(C)C.CCN(CC)c1ccc(C(=O)c2ccc(N(CC)CC)cc2)cc1.COC(=O)C(=O)c1ccccc1.Cc1cc(C)c(C(=O)P(=O)(c2ccccc2)c2ccccc2)c(C)c1.O=C(c1ccccc1)C1(O)CCCCC1. The lowest BCUT2D eigenvalue weighted by molar-refractivity contribution is -0.135. The fourth-order valence-corrected chi connectivity index (χ4v) is 16.9. The molecule has 116 heavy (non-hydrogen) atoms. The molecule has 0 bridgehead atoms. The fourth-order valence-electron chi connectivity index (χ4n) is 14.3. The van der Waals surface area contributed by atoms with Gasteiger partial charge in [-0.2, -0.15) is 0 Å². The van der Waals surface area contributed by atoms with E-state index in [4.69, 9.17) is 4.74 Å². The zero-order valence-corrected chi connectivity index (χ0v) is 71.0. The van der Waals surface area contributed by atoms with Crippen LogP contribution in [0.15, 0.2) is 261 Å². The third-order valence-electron chi connectivity index (χ3n) is 21.1. The Balaban J connectivity index is 0.000000198. The molecule has 10 aromatic carbocycles. The van der Waals surface area contributed by atoms with Gasteiger partial charge in [0.1, 0.15) is 11.2 Å². The Morgan fingerprint density at radius 1 is 0.491 bits per heavy atom. The summed E-state index contributed by atoms with van der Waals surface area (Å²) >= 11 is 0. The van der Waals surface area contributed by atoms with Crippen molar-refractivity contribution in [2.45, 2.75) is 138 Å². The van der Waals surface area contributed by atoms with Crippen LogP contribution in [-0.2, 0) is 25.3 Å². The Kier molecular flexibility index (Phi) is 35.7. The molecule has 12 rings (SSSR count). The number of morpholine rings is 1. The van der Waals surface area contributed by atoms with Crippen LogP contribution < -0.4 is 25.3 Å². The minimum absolute atomic E-state index is 0.0761. The number of Topliss-reactive ketones (excluding diaryl/α,β-unsaturated/α-hetero) is 4. The predicted octanol–water partition coefficient (Wildman–Crippen LogP) is 18.6. The largest absolute Gasteiger partial charge is 0.463 e. The lowest BCUT2D eigenvalue weighted by atomic mass is 9.79. The number of ketones is 5. The van der Waals surface area contributed by atoms with Gasteiger partial charge in [-0.3, -0.25) is 33.7 Å². The van der Waals surface area contributed by atoms with Gasteiger partial charge in [-0.15, -0.1) is 0 Å². The maximum atomic E-state index is 14.2. The number of hydrogen-bond donors (Lipinski definition) is 2. The van der Waals surface area contributed by atoms with Crippen molar-refractivity contribution in [2.24, 2.45) is 0 Å². The van der Waals surface area contributed by atoms with Gasteiger partial charge in [-0.1, -0.05) is 225 Å². The number of methoxy groups -OCH3 is 1. The molecule has 1 aliphatic carbocycles. The monoisotopic (exact) mass is 1580 g/mol. The summed E-state index contributed by atoms with van der Waals surface area (Å²) in [6, 6.07) is 80.7. The summed E-state index contributed by atoms with van der Waals surface area (Å²) in [7, 11) is 1.76. The van der Waals surface area contributed by atoms with Crippen molar-refractivity contribution in [3.05, 3.63) is 328 Å². The van der Waals surface area contributed by atoms with E-state index < -0.39 is 35.6 Å². The molecule has 0 aromatic heterocycles. The van der Waals surface area contributed by atoms with Crippen molar-refractivity contribution >= 4 is 75.2 Å². The Bertz CT molecular complexity index is 4680. The van der Waals surface area contributed by atoms with Gasteiger partial charge in [0.05, 0.1) is 25.9 Å². The van der Waals surface area contributed by atoms with Crippen LogP contribution in [0.5, 0.6) is 0 Å². The molecule has 16 nitrogen and oxygen atoms in total. The number of hydrogen-bond acceptors (Lipinski definition) is 16. The normalized spacial score (nSPS) is 13.3. The summed E-state index contributed by atoms with van der Waals surface area (Å²) in [6.45, 7) is 28.7. The summed E-state index contributed by atoms with van der Waals surface area (Å²) in [5.74, 6) is -1.54. The Hall–Kier alpha value is -10.8. The highest BCUT2D eigenvalue weighted by molar-refractivity contribution is 7.93. The maximum Gasteiger partial charge on any atom is 0.379 e. The van der Waals surface area contributed by atoms with Gasteiger partial charge < -0.3 is 39.0 Å². The molecule has 1 saturated carbocycles. The number of aryl methyl sites for hydroxylation is 4. The second kappa shape index (κ2) is 44.9. The van der Waals surface area contributed by atoms with E-state index in [1.807, 2.05) is 168 Å². The van der Waals surface area contributed by atoms with Crippen molar-refractivity contribution in [3.63, 3.8) is 0 Å². The average molecular weight is 1590 g/mol. The van der Waals surface area contributed by atoms with E-state index in [0.29, 0.717) is 52.1 Å². The van der Waals surface area contributed by atoms with Gasteiger partial charge in [0.15, 0.2) is 23.1 Å². The average Bonchev–Trinajstić information content (AvgIpc) is 0.760. The lowest BCUT2D eigenvalue weighted by Crippen LogP contribution is -2.52. The molecular formula is C99H117N4O12P. The first-order valence-electron chi connectivity index (χ1n) is 40.2. The molecule has 1 heterocycles. The fraction of sp³-hybridized carbons (Fsp3) is 0.323. The van der Waals surface area contributed by atoms with Crippen LogP contribution in [0.25, 0.3) is 0 Å². The Labute approximate surface area is 687 Å². The molecule has 0 amide bonds. The van der Waals surface area contributed by atoms with E-state index >= 15 is 0 Å². The molecule has 2 fully saturated rings. The molecular weight excluding hydrogens is 1470 g/mol. The van der Waals surface area contributed by atoms with E-state index in [1.165, 1.54) is 32.1 Å². The van der Waals surface area contributed by atoms with Gasteiger partial charge >= 0.3 is 5.97 Å². The van der Waals surface area contributed by atoms with Crippen LogP contribution in [0.1, 0.15) is 183 Å². The third kappa shape index (κ3) is 25.1. The van der Waals surface area contributed by atoms with Gasteiger partial charge in [-0.05, 0) is 199 Å². The molecule has 0 spiro atoms. The Morgan fingerprint density at radius 3 is 1.28 bits per heavy atom. The van der Waals surface area contributed by atoms with E-state index in [9.17, 15) is 48.3 Å². The van der Waals surface area contributed by atoms with Crippen molar-refractivity contribution in [3.8, 4) is 0 Å². The topological polar surface area (TPSA) is 208 Å². The third-order valence-corrected chi connectivity index (χ3v) is 23.9. The molecule has 17 heteroatoms. The molecule has 2 aliphatic rings. The molecule has 10 aromatic rings. The van der Waals surface area contributed by atoms with E-state index in [1.54, 1.807) is 91.0 Å². The maximum absolute atomic E-state index is 14.2. The molecule has 0 radical (unpaired) electrons. The molecule has 1 saturated heterocycles. The quantitative estimate of drug-likeness (QED) is 0.0236. The highest BCUT2D eigenvalue weighted by Gasteiger charge is 2.41. The number of carbonyl (C=O) groups is 7. The molecule has 1 aliphatic heterocycles. The summed E-state index contributed by atoms with van der Waals surface area (Å²) in [5.41, 5.74) is 9.88. The minimum Gasteiger partial charge on any atom is -0.463 e. The van der Waals surface area contributed by atoms with Crippen LogP contribution >= 0.6 is 7.14 Å². The van der Waals surface area contributed by atoms with Crippen molar-refractivity contribution < 1.29 is 57.8 Å². The molecule has 1 unspecified atom stereocenters. The van der Waals surface area contributed by atoms with E-state index in [2.05, 4.69) is 102 Å². The van der Waals surface area contributed by atoms with Crippen LogP contribution in [0.4, 0.5) is 17.1 Å². The first kappa shape index (κ1) is 92.3. The predicted molar refractivity (Wildman–Crippen MR) is 472 cm³/mol. The number of likely N-dealkylation sites (N-methyl/N-ethyl adjacent to an activating group) is 1. The number of anilines is 3. The van der Waals surface area contributed by atoms with Crippen molar-refractivity contribution in [1.82, 2.24) is 4.90 Å². The lowest BCUT2D eigenvalue weighted by Gasteiger charge is -2.38. The van der Waals surface area contributed by atoms with Gasteiger partial charge in [0, 0.05) is 106 Å². The van der Waals surface area contributed by atoms with Crippen LogP contribution in [0.3, 0.4) is 0 Å². The summed E-state index contributed by atoms with van der Waals surface area (Å²) < 4.78 is 23.9. The smallest absolute Gasteiger partial charge is 0.379 e. The van der Waals surface area contributed by atoms with Crippen LogP contribution in [0, 0.1) is 27.7 Å². The van der Waals surface area contributed by atoms with Gasteiger partial charge in [0.2, 0.25) is 12.7 Å². The summed E-state index contributed by atoms with van der Waals surface area (Å²) in [5, 5.41) is 20.8. The number of carbonyl (C=O) groups excluding carboxylic acids is 7. The molecule has 2 N–H and O–H groups in total. The van der Waals surface area contributed by atoms with Crippen LogP contribution in [0.2, 0.25) is 0 Å². The van der Waals surface area contributed by atoms with Gasteiger partial charge in [-0.25, -0.2) is 4.79 Å². The number of esters is 1. The van der Waals surface area contributed by atoms with E-state index in [-0.39, 0.29) is 28.7 Å². The number of aliphatic hydroxyl groups is 2. The first-order valence-corrected chi connectivity index (χ1v) is 41.9. The van der Waals surface area contributed by atoms with Crippen molar-refractivity contribution in [1.29, 1.82) is 0 Å². The number of nitrogens with zero attached hydrogens (tertiary/aromatic N) is 4. The second-order valence-corrected chi connectivity index (χ2v) is 32.4. The Morgan fingerprint density at radius 2 is 0.888 bits per heavy atom. The highest BCUT2D eigenvalue weighted by atomic mass is 31.2. The number of rotatable bonds is 25. The zero-order valence-electron chi connectivity index (χ0n) is 70.1. The number of ether oxygens (including phenoxy) is 2. The van der Waals surface area contributed by atoms with Crippen molar-refractivity contribution in [2.75, 3.05) is 88.4 Å². The summed E-state index contributed by atoms with van der Waals surface area (Å²) in [6.07, 6.45) is 5.73. The zero-order chi connectivity index (χ0) is 84.6. The second-order valence-electron chi connectivity index (χ2n) is 29.8. The van der Waals surface area contributed by atoms with Crippen LogP contribution in [-0.4, -0.2) is 146 Å². The summed E-state index contributed by atoms with van der Waals surface area (Å²) in [4.78, 5) is 94.1. The highest BCUT2D eigenvalue weighted by Crippen LogP contribution is 2.48. The van der Waals surface area contributed by atoms with E-state index in [0.717, 1.165) is 129 Å². The number of benzene rings is 10. The first-order chi connectivity index (χ1) is 55.5. The molecule has 610 valence electrons. The molecule has 1 atom stereocenters. The van der Waals surface area contributed by atoms with Gasteiger partial charge in [0.25, 0.3) is 5.78 Å². The standard InChI is InChI=1S/C24H32N2O2.C22H21O2P.C21H28N2O.C13H16O2.C10H12O2.C9H8O3/c1-5-24(25(3)4,18-20-8-6-19(2)7-9-20)23(27)21-10-12-22(13-11-21)26-14-16-28-17-15-26;1-16-14-17(2)21(18(3)15-16)22(23)25(24,19-10-6-4-7-11-19)20-12-8-5-9-13-20;1-5-22(6-2)19-13-9-17(10-14-19)21(24)18-11-15-20(16-12-18)23(7-3)8-4;14-12(11-7-3-1-4-8-11)13(15)9-5-2-6-10-13;1-10(2,12)9(11)8-6-4-3-5-7-8;1-12-9(11)8(10)7-5-3-2-4-6-7/h6-13H,5,14-18H2,1-4H3;4-15H,1-3H3;9-16H,5-8H2,1-4H3;1,3-4,7-8,15H,2,5-6,9-10H2;3-7,12H,1-2H3;2-6H,1H3. The minimum atomic E-state index is -3.44.